The number of pyridine rings is 1. The van der Waals surface area contributed by atoms with E-state index in [2.05, 4.69) is 51.7 Å². The van der Waals surface area contributed by atoms with Crippen LogP contribution in [-0.2, 0) is 15.6 Å². The molecule has 170 valence electrons. The lowest BCUT2D eigenvalue weighted by Crippen LogP contribution is -2.34. The van der Waals surface area contributed by atoms with E-state index in [0.717, 1.165) is 41.8 Å². The van der Waals surface area contributed by atoms with Gasteiger partial charge in [0, 0.05) is 17.3 Å². The first-order chi connectivity index (χ1) is 15.2. The maximum atomic E-state index is 11.9. The molecule has 1 aromatic heterocycles. The molecule has 4 nitrogen and oxygen atoms in total. The summed E-state index contributed by atoms with van der Waals surface area (Å²) >= 11 is 0. The Balaban J connectivity index is 1.89. The number of fused-ring (bicyclic) bond motifs is 1. The summed E-state index contributed by atoms with van der Waals surface area (Å²) in [6.07, 6.45) is 7.07. The summed E-state index contributed by atoms with van der Waals surface area (Å²) < 4.78 is 11.2. The Morgan fingerprint density at radius 1 is 1.03 bits per heavy atom. The van der Waals surface area contributed by atoms with E-state index in [1.807, 2.05) is 6.07 Å². The fourth-order valence-corrected chi connectivity index (χ4v) is 4.72. The summed E-state index contributed by atoms with van der Waals surface area (Å²) in [4.78, 5) is 16.6. The zero-order valence-electron chi connectivity index (χ0n) is 20.3. The number of allylic oxidation sites excluding steroid dienone is 1. The smallest absolute Gasteiger partial charge is 0.339 e. The van der Waals surface area contributed by atoms with E-state index in [1.54, 1.807) is 12.3 Å². The number of ether oxygens (including phenoxy) is 2. The molecular weight excluding hydrogens is 398 g/mol. The molecule has 32 heavy (non-hydrogen) atoms. The van der Waals surface area contributed by atoms with Crippen molar-refractivity contribution in [3.05, 3.63) is 64.0 Å². The van der Waals surface area contributed by atoms with Gasteiger partial charge in [0.2, 0.25) is 0 Å². The number of hydrogen-bond acceptors (Lipinski definition) is 4. The van der Waals surface area contributed by atoms with E-state index in [9.17, 15) is 4.79 Å². The standard InChI is InChI=1S/C28H35NO3/c1-7-14-32-24-16-22-21(27(2,3)12-13-28(22,4)5)15-20(24)25(18-8-9-18)23-11-10-19(17-29-23)26(30)31-6/h10-11,15-17H,7-9,12-14H2,1-6H3. The highest BCUT2D eigenvalue weighted by Crippen LogP contribution is 2.50. The van der Waals surface area contributed by atoms with Crippen LogP contribution in [0.25, 0.3) is 5.57 Å². The van der Waals surface area contributed by atoms with E-state index in [4.69, 9.17) is 9.47 Å². The van der Waals surface area contributed by atoms with E-state index >= 15 is 0 Å². The van der Waals surface area contributed by atoms with Crippen LogP contribution in [0.3, 0.4) is 0 Å². The molecule has 2 aliphatic rings. The molecule has 0 bridgehead atoms. The SMILES string of the molecule is CCCOc1cc2c(cc1C(=C1CC1)c1ccc(C(=O)OC)cn1)C(C)(C)CCC2(C)C. The largest absolute Gasteiger partial charge is 0.493 e. The number of esters is 1. The molecule has 1 aromatic carbocycles. The van der Waals surface area contributed by atoms with E-state index in [1.165, 1.54) is 36.7 Å². The predicted octanol–water partition coefficient (Wildman–Crippen LogP) is 6.60. The molecule has 0 spiro atoms. The van der Waals surface area contributed by atoms with Gasteiger partial charge in [-0.25, -0.2) is 4.79 Å². The van der Waals surface area contributed by atoms with Crippen molar-refractivity contribution in [3.8, 4) is 5.75 Å². The highest BCUT2D eigenvalue weighted by molar-refractivity contribution is 5.90. The van der Waals surface area contributed by atoms with Crippen LogP contribution < -0.4 is 4.74 Å². The number of carbonyl (C=O) groups is 1. The van der Waals surface area contributed by atoms with Gasteiger partial charge in [-0.1, -0.05) is 40.2 Å². The van der Waals surface area contributed by atoms with Gasteiger partial charge >= 0.3 is 5.97 Å². The van der Waals surface area contributed by atoms with Crippen molar-refractivity contribution in [2.45, 2.75) is 77.6 Å². The molecule has 0 radical (unpaired) electrons. The Hall–Kier alpha value is -2.62. The maximum absolute atomic E-state index is 11.9. The van der Waals surface area contributed by atoms with Crippen molar-refractivity contribution in [2.75, 3.05) is 13.7 Å². The van der Waals surface area contributed by atoms with Crippen molar-refractivity contribution in [1.29, 1.82) is 0 Å². The third kappa shape index (κ3) is 4.20. The quantitative estimate of drug-likeness (QED) is 0.482. The Bertz CT molecular complexity index is 1050. The zero-order valence-corrected chi connectivity index (χ0v) is 20.3. The van der Waals surface area contributed by atoms with Crippen LogP contribution in [0.5, 0.6) is 5.75 Å². The first-order valence-electron chi connectivity index (χ1n) is 11.8. The Morgan fingerprint density at radius 3 is 2.22 bits per heavy atom. The second-order valence-electron chi connectivity index (χ2n) is 10.4. The normalized spacial score (nSPS) is 18.0. The monoisotopic (exact) mass is 433 g/mol. The molecule has 0 saturated heterocycles. The van der Waals surface area contributed by atoms with Gasteiger partial charge in [0.25, 0.3) is 0 Å². The molecule has 4 rings (SSSR count). The highest BCUT2D eigenvalue weighted by Gasteiger charge is 2.38. The molecule has 2 aliphatic carbocycles. The first-order valence-corrected chi connectivity index (χ1v) is 11.8. The number of methoxy groups -OCH3 is 1. The Kier molecular flexibility index (Phi) is 5.91. The third-order valence-electron chi connectivity index (χ3n) is 6.98. The fourth-order valence-electron chi connectivity index (χ4n) is 4.72. The van der Waals surface area contributed by atoms with Crippen molar-refractivity contribution < 1.29 is 14.3 Å². The average Bonchev–Trinajstić information content (AvgIpc) is 3.61. The Labute approximate surface area is 192 Å². The van der Waals surface area contributed by atoms with Gasteiger partial charge < -0.3 is 9.47 Å². The van der Waals surface area contributed by atoms with Gasteiger partial charge in [-0.15, -0.1) is 0 Å². The van der Waals surface area contributed by atoms with E-state index in [0.29, 0.717) is 12.2 Å². The van der Waals surface area contributed by atoms with Crippen LogP contribution in [0.15, 0.2) is 36.0 Å². The number of carbonyl (C=O) groups excluding carboxylic acids is 1. The molecule has 0 amide bonds. The van der Waals surface area contributed by atoms with Gasteiger partial charge in [-0.05, 0) is 78.3 Å². The summed E-state index contributed by atoms with van der Waals surface area (Å²) in [7, 11) is 1.39. The van der Waals surface area contributed by atoms with E-state index < -0.39 is 0 Å². The van der Waals surface area contributed by atoms with Gasteiger partial charge in [0.1, 0.15) is 5.75 Å². The van der Waals surface area contributed by atoms with Crippen LogP contribution in [0.4, 0.5) is 0 Å². The minimum Gasteiger partial charge on any atom is -0.493 e. The summed E-state index contributed by atoms with van der Waals surface area (Å²) in [5.41, 5.74) is 8.10. The second kappa shape index (κ2) is 8.38. The lowest BCUT2D eigenvalue weighted by molar-refractivity contribution is 0.0600. The molecule has 1 heterocycles. The summed E-state index contributed by atoms with van der Waals surface area (Å²) in [5.74, 6) is 0.582. The van der Waals surface area contributed by atoms with Crippen LogP contribution in [-0.4, -0.2) is 24.7 Å². The average molecular weight is 434 g/mol. The first kappa shape index (κ1) is 22.6. The molecule has 0 atom stereocenters. The Morgan fingerprint density at radius 2 is 1.69 bits per heavy atom. The lowest BCUT2D eigenvalue weighted by atomic mass is 9.62. The molecular formula is C28H35NO3. The van der Waals surface area contributed by atoms with Gasteiger partial charge in [0.15, 0.2) is 0 Å². The summed E-state index contributed by atoms with van der Waals surface area (Å²) in [6, 6.07) is 8.41. The maximum Gasteiger partial charge on any atom is 0.339 e. The fraction of sp³-hybridized carbons (Fsp3) is 0.500. The lowest BCUT2D eigenvalue weighted by Gasteiger charge is -2.42. The molecule has 1 fully saturated rings. The molecule has 4 heteroatoms. The van der Waals surface area contributed by atoms with Crippen LogP contribution in [0, 0.1) is 0 Å². The number of benzene rings is 1. The molecule has 1 saturated carbocycles. The number of rotatable bonds is 6. The molecule has 0 unspecified atom stereocenters. The molecule has 2 aromatic rings. The number of aromatic nitrogens is 1. The van der Waals surface area contributed by atoms with Crippen LogP contribution in [0.1, 0.15) is 99.5 Å². The predicted molar refractivity (Wildman–Crippen MR) is 128 cm³/mol. The van der Waals surface area contributed by atoms with Gasteiger partial charge in [-0.2, -0.15) is 0 Å². The third-order valence-corrected chi connectivity index (χ3v) is 6.98. The van der Waals surface area contributed by atoms with Crippen LogP contribution >= 0.6 is 0 Å². The number of nitrogens with zero attached hydrogens (tertiary/aromatic N) is 1. The zero-order chi connectivity index (χ0) is 23.1. The van der Waals surface area contributed by atoms with Crippen molar-refractivity contribution in [2.24, 2.45) is 0 Å². The minimum absolute atomic E-state index is 0.115. The van der Waals surface area contributed by atoms with Crippen molar-refractivity contribution in [1.82, 2.24) is 4.98 Å². The summed E-state index contributed by atoms with van der Waals surface area (Å²) in [6.45, 7) is 12.2. The topological polar surface area (TPSA) is 48.4 Å². The molecule has 0 N–H and O–H groups in total. The minimum atomic E-state index is -0.366. The van der Waals surface area contributed by atoms with Crippen molar-refractivity contribution in [3.63, 3.8) is 0 Å². The highest BCUT2D eigenvalue weighted by atomic mass is 16.5. The van der Waals surface area contributed by atoms with Gasteiger partial charge in [0.05, 0.1) is 25.0 Å². The second-order valence-corrected chi connectivity index (χ2v) is 10.4. The van der Waals surface area contributed by atoms with Gasteiger partial charge in [-0.3, -0.25) is 4.98 Å². The van der Waals surface area contributed by atoms with Crippen molar-refractivity contribution >= 4 is 11.5 Å². The summed E-state index contributed by atoms with van der Waals surface area (Å²) in [5, 5.41) is 0. The van der Waals surface area contributed by atoms with Crippen LogP contribution in [0.2, 0.25) is 0 Å². The van der Waals surface area contributed by atoms with E-state index in [-0.39, 0.29) is 16.8 Å². The number of hydrogen-bond donors (Lipinski definition) is 0. The molecule has 0 aliphatic heterocycles.